The summed E-state index contributed by atoms with van der Waals surface area (Å²) >= 11 is 0. The normalized spacial score (nSPS) is 36.9. The van der Waals surface area contributed by atoms with Crippen LogP contribution in [0.1, 0.15) is 54.4 Å². The summed E-state index contributed by atoms with van der Waals surface area (Å²) < 4.78 is 11.4. The molecule has 22 heavy (non-hydrogen) atoms. The second-order valence-electron chi connectivity index (χ2n) is 9.47. The molecular formula is C18H28O4. The molecular weight excluding hydrogens is 280 g/mol. The predicted octanol–water partition coefficient (Wildman–Crippen LogP) is 3.19. The first-order chi connectivity index (χ1) is 10.00. The minimum absolute atomic E-state index is 0.0611. The van der Waals surface area contributed by atoms with Gasteiger partial charge in [0.15, 0.2) is 0 Å². The van der Waals surface area contributed by atoms with Gasteiger partial charge < -0.3 is 9.47 Å². The smallest absolute Gasteiger partial charge is 0.310 e. The van der Waals surface area contributed by atoms with Crippen LogP contribution in [-0.2, 0) is 19.1 Å². The third-order valence-electron chi connectivity index (χ3n) is 5.63. The van der Waals surface area contributed by atoms with Gasteiger partial charge in [-0.1, -0.05) is 41.5 Å². The number of fused-ring (bicyclic) bond motifs is 1. The van der Waals surface area contributed by atoms with Crippen molar-refractivity contribution >= 4 is 11.9 Å². The highest BCUT2D eigenvalue weighted by Gasteiger charge is 2.63. The topological polar surface area (TPSA) is 52.6 Å². The third-order valence-corrected chi connectivity index (χ3v) is 5.63. The summed E-state index contributed by atoms with van der Waals surface area (Å²) in [6, 6.07) is 0. The van der Waals surface area contributed by atoms with Gasteiger partial charge in [-0.05, 0) is 23.7 Å². The highest BCUT2D eigenvalue weighted by atomic mass is 16.6. The number of rotatable bonds is 2. The van der Waals surface area contributed by atoms with E-state index < -0.39 is 0 Å². The Kier molecular flexibility index (Phi) is 3.39. The van der Waals surface area contributed by atoms with Crippen molar-refractivity contribution in [3.05, 3.63) is 0 Å². The predicted molar refractivity (Wildman–Crippen MR) is 81.9 cm³/mol. The molecule has 1 saturated heterocycles. The van der Waals surface area contributed by atoms with E-state index in [1.54, 1.807) is 0 Å². The molecule has 4 heteroatoms. The maximum absolute atomic E-state index is 12.9. The molecule has 4 nitrogen and oxygen atoms in total. The second-order valence-corrected chi connectivity index (χ2v) is 9.47. The highest BCUT2D eigenvalue weighted by molar-refractivity contribution is 5.78. The molecule has 1 heterocycles. The number of carbonyl (C=O) groups is 2. The van der Waals surface area contributed by atoms with E-state index >= 15 is 0 Å². The lowest BCUT2D eigenvalue weighted by atomic mass is 9.66. The van der Waals surface area contributed by atoms with E-state index in [2.05, 4.69) is 41.5 Å². The second kappa shape index (κ2) is 4.72. The largest absolute Gasteiger partial charge is 0.458 e. The fourth-order valence-corrected chi connectivity index (χ4v) is 5.27. The van der Waals surface area contributed by atoms with Crippen LogP contribution in [0.2, 0.25) is 0 Å². The van der Waals surface area contributed by atoms with Crippen molar-refractivity contribution in [2.45, 2.75) is 66.6 Å². The molecule has 0 N–H and O–H groups in total. The first-order valence-corrected chi connectivity index (χ1v) is 8.41. The maximum atomic E-state index is 12.9. The van der Waals surface area contributed by atoms with Gasteiger partial charge in [0.05, 0.1) is 11.8 Å². The van der Waals surface area contributed by atoms with Crippen molar-refractivity contribution in [1.82, 2.24) is 0 Å². The lowest BCUT2D eigenvalue weighted by Gasteiger charge is -2.40. The molecule has 2 aliphatic carbocycles. The Morgan fingerprint density at radius 1 is 1.14 bits per heavy atom. The van der Waals surface area contributed by atoms with Gasteiger partial charge in [0.25, 0.3) is 0 Å². The Balaban J connectivity index is 1.76. The van der Waals surface area contributed by atoms with Gasteiger partial charge in [-0.3, -0.25) is 9.59 Å². The average Bonchev–Trinajstić information content (AvgIpc) is 2.89. The first-order valence-electron chi connectivity index (χ1n) is 8.41. The lowest BCUT2D eigenvalue weighted by Crippen LogP contribution is -2.44. The van der Waals surface area contributed by atoms with Crippen LogP contribution in [0.3, 0.4) is 0 Å². The zero-order valence-corrected chi connectivity index (χ0v) is 14.5. The molecule has 1 aliphatic heterocycles. The summed E-state index contributed by atoms with van der Waals surface area (Å²) in [5.74, 6) is 0.225. The summed E-state index contributed by atoms with van der Waals surface area (Å²) in [6.45, 7) is 12.5. The minimum atomic E-state index is -0.229. The van der Waals surface area contributed by atoms with Gasteiger partial charge in [0.2, 0.25) is 0 Å². The van der Waals surface area contributed by atoms with E-state index in [0.717, 1.165) is 12.8 Å². The average molecular weight is 308 g/mol. The van der Waals surface area contributed by atoms with Crippen LogP contribution in [0.4, 0.5) is 0 Å². The van der Waals surface area contributed by atoms with Crippen molar-refractivity contribution in [2.24, 2.45) is 34.5 Å². The molecule has 2 bridgehead atoms. The van der Waals surface area contributed by atoms with Crippen molar-refractivity contribution in [2.75, 3.05) is 0 Å². The van der Waals surface area contributed by atoms with E-state index in [1.165, 1.54) is 0 Å². The molecule has 3 fully saturated rings. The van der Waals surface area contributed by atoms with Crippen LogP contribution in [0.5, 0.6) is 0 Å². The molecule has 0 spiro atoms. The van der Waals surface area contributed by atoms with E-state index in [-0.39, 0.29) is 52.7 Å². The molecule has 0 aromatic carbocycles. The van der Waals surface area contributed by atoms with Gasteiger partial charge in [0, 0.05) is 11.8 Å². The summed E-state index contributed by atoms with van der Waals surface area (Å²) in [4.78, 5) is 24.7. The van der Waals surface area contributed by atoms with Crippen molar-refractivity contribution < 1.29 is 19.1 Å². The molecule has 124 valence electrons. The Morgan fingerprint density at radius 3 is 2.27 bits per heavy atom. The summed E-state index contributed by atoms with van der Waals surface area (Å²) in [7, 11) is 0. The zero-order chi connectivity index (χ0) is 16.4. The SMILES string of the molecule is CC(C)(C)C(C(=O)OC1C2CC3C(=O)OC1C3C2)C(C)(C)C. The fourth-order valence-electron chi connectivity index (χ4n) is 5.27. The number of carbonyl (C=O) groups excluding carboxylic acids is 2. The summed E-state index contributed by atoms with van der Waals surface area (Å²) in [5.41, 5.74) is -0.330. The summed E-state index contributed by atoms with van der Waals surface area (Å²) in [6.07, 6.45) is 1.37. The molecule has 3 rings (SSSR count). The molecule has 0 radical (unpaired) electrons. The number of esters is 2. The van der Waals surface area contributed by atoms with Crippen LogP contribution in [0.25, 0.3) is 0 Å². The standard InChI is InChI=1S/C18H28O4/c1-17(2,3)14(18(4,5)6)16(20)21-12-9-7-10-11(8-9)15(19)22-13(10)12/h9-14H,7-8H2,1-6H3. The Bertz CT molecular complexity index is 482. The third kappa shape index (κ3) is 2.35. The molecule has 0 aromatic rings. The Morgan fingerprint density at radius 2 is 1.73 bits per heavy atom. The number of hydrogen-bond donors (Lipinski definition) is 0. The van der Waals surface area contributed by atoms with Crippen LogP contribution in [0, 0.1) is 34.5 Å². The van der Waals surface area contributed by atoms with Crippen LogP contribution >= 0.6 is 0 Å². The fraction of sp³-hybridized carbons (Fsp3) is 0.889. The molecule has 2 saturated carbocycles. The van der Waals surface area contributed by atoms with E-state index in [0.29, 0.717) is 5.92 Å². The molecule has 0 aromatic heterocycles. The molecule has 0 amide bonds. The van der Waals surface area contributed by atoms with E-state index in [4.69, 9.17) is 9.47 Å². The van der Waals surface area contributed by atoms with Crippen molar-refractivity contribution in [3.8, 4) is 0 Å². The molecule has 3 aliphatic rings. The first kappa shape index (κ1) is 15.8. The van der Waals surface area contributed by atoms with Crippen LogP contribution < -0.4 is 0 Å². The van der Waals surface area contributed by atoms with Gasteiger partial charge in [-0.2, -0.15) is 0 Å². The monoisotopic (exact) mass is 308 g/mol. The highest BCUT2D eigenvalue weighted by Crippen LogP contribution is 2.56. The van der Waals surface area contributed by atoms with E-state index in [1.807, 2.05) is 0 Å². The zero-order valence-electron chi connectivity index (χ0n) is 14.5. The van der Waals surface area contributed by atoms with Crippen LogP contribution in [-0.4, -0.2) is 24.1 Å². The maximum Gasteiger partial charge on any atom is 0.310 e. The van der Waals surface area contributed by atoms with Gasteiger partial charge in [-0.15, -0.1) is 0 Å². The molecule has 5 unspecified atom stereocenters. The van der Waals surface area contributed by atoms with Gasteiger partial charge >= 0.3 is 11.9 Å². The lowest BCUT2D eigenvalue weighted by molar-refractivity contribution is -0.173. The molecule has 5 atom stereocenters. The summed E-state index contributed by atoms with van der Waals surface area (Å²) in [5, 5.41) is 0. The minimum Gasteiger partial charge on any atom is -0.458 e. The number of hydrogen-bond acceptors (Lipinski definition) is 4. The van der Waals surface area contributed by atoms with Crippen LogP contribution in [0.15, 0.2) is 0 Å². The van der Waals surface area contributed by atoms with Gasteiger partial charge in [0.1, 0.15) is 12.2 Å². The number of ether oxygens (including phenoxy) is 2. The van der Waals surface area contributed by atoms with Gasteiger partial charge in [-0.25, -0.2) is 0 Å². The Labute approximate surface area is 132 Å². The quantitative estimate of drug-likeness (QED) is 0.735. The van der Waals surface area contributed by atoms with Crippen molar-refractivity contribution in [1.29, 1.82) is 0 Å². The Hall–Kier alpha value is -1.06. The van der Waals surface area contributed by atoms with Crippen molar-refractivity contribution in [3.63, 3.8) is 0 Å². The van der Waals surface area contributed by atoms with E-state index in [9.17, 15) is 9.59 Å².